The van der Waals surface area contributed by atoms with Gasteiger partial charge in [0, 0.05) is 10.9 Å². The average Bonchev–Trinajstić information content (AvgIpc) is 3.34. The Balaban J connectivity index is 1.75. The molecule has 1 aromatic heterocycles. The fourth-order valence-electron chi connectivity index (χ4n) is 3.83. The van der Waals surface area contributed by atoms with Gasteiger partial charge >= 0.3 is 5.97 Å². The molecule has 1 fully saturated rings. The lowest BCUT2D eigenvalue weighted by atomic mass is 10.0. The van der Waals surface area contributed by atoms with E-state index in [1.807, 2.05) is 6.07 Å². The van der Waals surface area contributed by atoms with Gasteiger partial charge in [0.25, 0.3) is 0 Å². The number of ether oxygens (including phenoxy) is 1. The summed E-state index contributed by atoms with van der Waals surface area (Å²) in [5, 5.41) is 5.95. The van der Waals surface area contributed by atoms with Gasteiger partial charge in [-0.25, -0.2) is 4.79 Å². The Labute approximate surface area is 146 Å². The molecule has 2 aromatic rings. The van der Waals surface area contributed by atoms with Gasteiger partial charge in [-0.2, -0.15) is 5.10 Å². The topological polar surface area (TPSA) is 65.4 Å². The molecule has 0 amide bonds. The van der Waals surface area contributed by atoms with Crippen LogP contribution in [0.15, 0.2) is 24.3 Å². The van der Waals surface area contributed by atoms with Gasteiger partial charge in [-0.05, 0) is 38.8 Å². The van der Waals surface area contributed by atoms with E-state index >= 15 is 0 Å². The molecule has 0 radical (unpaired) electrons. The number of esters is 1. The number of hydrogen-bond acceptors (Lipinski definition) is 5. The van der Waals surface area contributed by atoms with Gasteiger partial charge in [0.05, 0.1) is 30.1 Å². The zero-order valence-corrected chi connectivity index (χ0v) is 14.8. The first-order chi connectivity index (χ1) is 12.0. The molecule has 6 heteroatoms. The summed E-state index contributed by atoms with van der Waals surface area (Å²) in [4.78, 5) is 17.4. The minimum Gasteiger partial charge on any atom is -0.467 e. The van der Waals surface area contributed by atoms with Gasteiger partial charge in [0.15, 0.2) is 0 Å². The van der Waals surface area contributed by atoms with Crippen molar-refractivity contribution in [2.45, 2.75) is 51.2 Å². The van der Waals surface area contributed by atoms with Crippen LogP contribution in [-0.2, 0) is 14.4 Å². The van der Waals surface area contributed by atoms with Crippen molar-refractivity contribution >= 4 is 22.6 Å². The van der Waals surface area contributed by atoms with Gasteiger partial charge < -0.3 is 4.74 Å². The molecule has 0 spiro atoms. The predicted molar refractivity (Wildman–Crippen MR) is 94.6 cm³/mol. The highest BCUT2D eigenvalue weighted by Gasteiger charge is 2.39. The minimum absolute atomic E-state index is 0.428. The molecule has 6 nitrogen and oxygen atoms in total. The molecule has 1 atom stereocenters. The molecule has 1 aromatic carbocycles. The Bertz CT molecular complexity index is 864. The second-order valence-corrected chi connectivity index (χ2v) is 7.06. The maximum atomic E-state index is 11.9. The Morgan fingerprint density at radius 2 is 2.16 bits per heavy atom. The molecule has 1 aliphatic carbocycles. The van der Waals surface area contributed by atoms with E-state index < -0.39 is 11.6 Å². The van der Waals surface area contributed by atoms with Gasteiger partial charge in [0.1, 0.15) is 0 Å². The molecule has 2 aliphatic rings. The van der Waals surface area contributed by atoms with Crippen LogP contribution in [0.3, 0.4) is 0 Å². The first-order valence-corrected chi connectivity index (χ1v) is 8.76. The molecule has 1 aliphatic heterocycles. The SMILES string of the molecule is COC(=O)C1(C)C=C(c2ccc3c(C)nn(C4CCCC4)c3c2)NO1. The van der Waals surface area contributed by atoms with Crippen molar-refractivity contribution in [1.82, 2.24) is 15.3 Å². The van der Waals surface area contributed by atoms with Crippen LogP contribution in [0.4, 0.5) is 0 Å². The molecule has 4 rings (SSSR count). The summed E-state index contributed by atoms with van der Waals surface area (Å²) in [6.07, 6.45) is 6.67. The number of aromatic nitrogens is 2. The summed E-state index contributed by atoms with van der Waals surface area (Å²) >= 11 is 0. The van der Waals surface area contributed by atoms with Crippen LogP contribution in [-0.4, -0.2) is 28.5 Å². The van der Waals surface area contributed by atoms with Crippen molar-refractivity contribution in [2.24, 2.45) is 0 Å². The lowest BCUT2D eigenvalue weighted by Crippen LogP contribution is -2.36. The highest BCUT2D eigenvalue weighted by Crippen LogP contribution is 2.34. The van der Waals surface area contributed by atoms with Crippen LogP contribution >= 0.6 is 0 Å². The van der Waals surface area contributed by atoms with Crippen molar-refractivity contribution in [2.75, 3.05) is 7.11 Å². The number of nitrogens with one attached hydrogen (secondary N) is 1. The van der Waals surface area contributed by atoms with Crippen molar-refractivity contribution in [3.05, 3.63) is 35.5 Å². The Morgan fingerprint density at radius 1 is 1.40 bits per heavy atom. The van der Waals surface area contributed by atoms with Crippen LogP contribution in [0.5, 0.6) is 0 Å². The molecule has 1 unspecified atom stereocenters. The first-order valence-electron chi connectivity index (χ1n) is 8.76. The summed E-state index contributed by atoms with van der Waals surface area (Å²) in [5.41, 5.74) is 5.69. The van der Waals surface area contributed by atoms with E-state index in [9.17, 15) is 4.79 Å². The second kappa shape index (κ2) is 5.88. The molecule has 132 valence electrons. The number of hydrogen-bond donors (Lipinski definition) is 1. The van der Waals surface area contributed by atoms with Crippen molar-refractivity contribution in [3.8, 4) is 0 Å². The molecule has 25 heavy (non-hydrogen) atoms. The summed E-state index contributed by atoms with van der Waals surface area (Å²) in [6.45, 7) is 3.74. The molecule has 2 heterocycles. The van der Waals surface area contributed by atoms with Gasteiger partial charge in [-0.15, -0.1) is 0 Å². The third-order valence-electron chi connectivity index (χ3n) is 5.26. The Hall–Kier alpha value is -2.34. The van der Waals surface area contributed by atoms with Crippen LogP contribution in [0.25, 0.3) is 16.6 Å². The van der Waals surface area contributed by atoms with Crippen LogP contribution in [0, 0.1) is 6.92 Å². The number of benzene rings is 1. The lowest BCUT2D eigenvalue weighted by Gasteiger charge is -2.16. The summed E-state index contributed by atoms with van der Waals surface area (Å²) in [6, 6.07) is 6.73. The number of rotatable bonds is 3. The standard InChI is InChI=1S/C19H23N3O3/c1-12-15-9-8-13(16-11-19(2,25-21-16)18(23)24-3)10-17(15)22(20-12)14-6-4-5-7-14/h8-11,14,21H,4-7H2,1-3H3. The fraction of sp³-hybridized carbons (Fsp3) is 0.474. The van der Waals surface area contributed by atoms with E-state index in [1.165, 1.54) is 38.2 Å². The monoisotopic (exact) mass is 341 g/mol. The van der Waals surface area contributed by atoms with E-state index in [1.54, 1.807) is 13.0 Å². The number of carbonyl (C=O) groups is 1. The lowest BCUT2D eigenvalue weighted by molar-refractivity contribution is -0.163. The zero-order valence-electron chi connectivity index (χ0n) is 14.8. The van der Waals surface area contributed by atoms with Gasteiger partial charge in [-0.1, -0.05) is 25.0 Å². The third-order valence-corrected chi connectivity index (χ3v) is 5.26. The molecular weight excluding hydrogens is 318 g/mol. The Morgan fingerprint density at radius 3 is 2.88 bits per heavy atom. The number of aryl methyl sites for hydroxylation is 1. The number of hydroxylamine groups is 1. The summed E-state index contributed by atoms with van der Waals surface area (Å²) < 4.78 is 7.00. The molecule has 0 saturated heterocycles. The number of fused-ring (bicyclic) bond motifs is 1. The smallest absolute Gasteiger partial charge is 0.344 e. The van der Waals surface area contributed by atoms with E-state index in [0.717, 1.165) is 22.5 Å². The van der Waals surface area contributed by atoms with Gasteiger partial charge in [0.2, 0.25) is 5.60 Å². The maximum Gasteiger partial charge on any atom is 0.344 e. The zero-order chi connectivity index (χ0) is 17.6. The predicted octanol–water partition coefficient (Wildman–Crippen LogP) is 3.27. The highest BCUT2D eigenvalue weighted by molar-refractivity contribution is 5.89. The van der Waals surface area contributed by atoms with Crippen LogP contribution in [0.1, 0.15) is 49.9 Å². The number of methoxy groups -OCH3 is 1. The van der Waals surface area contributed by atoms with Crippen LogP contribution < -0.4 is 5.48 Å². The molecule has 1 saturated carbocycles. The van der Waals surface area contributed by atoms with E-state index in [2.05, 4.69) is 29.2 Å². The maximum absolute atomic E-state index is 11.9. The molecule has 1 N–H and O–H groups in total. The highest BCUT2D eigenvalue weighted by atomic mass is 16.7. The normalized spacial score (nSPS) is 23.7. The Kier molecular flexibility index (Phi) is 3.80. The largest absolute Gasteiger partial charge is 0.467 e. The quantitative estimate of drug-likeness (QED) is 0.868. The molecular formula is C19H23N3O3. The van der Waals surface area contributed by atoms with Crippen molar-refractivity contribution in [3.63, 3.8) is 0 Å². The summed E-state index contributed by atoms with van der Waals surface area (Å²) in [7, 11) is 1.36. The van der Waals surface area contributed by atoms with E-state index in [4.69, 9.17) is 14.7 Å². The fourth-order valence-corrected chi connectivity index (χ4v) is 3.83. The number of nitrogens with zero attached hydrogens (tertiary/aromatic N) is 2. The number of carbonyl (C=O) groups excluding carboxylic acids is 1. The summed E-state index contributed by atoms with van der Waals surface area (Å²) in [5.74, 6) is -0.428. The van der Waals surface area contributed by atoms with Gasteiger partial charge in [-0.3, -0.25) is 15.0 Å². The third kappa shape index (κ3) is 2.61. The van der Waals surface area contributed by atoms with Crippen molar-refractivity contribution < 1.29 is 14.4 Å². The second-order valence-electron chi connectivity index (χ2n) is 7.06. The van der Waals surface area contributed by atoms with Crippen LogP contribution in [0.2, 0.25) is 0 Å². The average molecular weight is 341 g/mol. The van der Waals surface area contributed by atoms with Crippen molar-refractivity contribution in [1.29, 1.82) is 0 Å². The van der Waals surface area contributed by atoms with E-state index in [-0.39, 0.29) is 0 Å². The first kappa shape index (κ1) is 16.1. The molecule has 0 bridgehead atoms. The van der Waals surface area contributed by atoms with E-state index in [0.29, 0.717) is 6.04 Å². The minimum atomic E-state index is -1.11.